The zero-order valence-corrected chi connectivity index (χ0v) is 11.0. The van der Waals surface area contributed by atoms with Gasteiger partial charge in [0.15, 0.2) is 11.6 Å². The number of unbranched alkanes of at least 4 members (excludes halogenated alkanes) is 1. The predicted octanol–water partition coefficient (Wildman–Crippen LogP) is 4.54. The van der Waals surface area contributed by atoms with Gasteiger partial charge >= 0.3 is 0 Å². The molecule has 0 saturated carbocycles. The van der Waals surface area contributed by atoms with Crippen molar-refractivity contribution in [3.05, 3.63) is 53.8 Å². The molecule has 0 bridgehead atoms. The van der Waals surface area contributed by atoms with Crippen LogP contribution in [0.15, 0.2) is 42.5 Å². The molecule has 3 heteroatoms. The first-order chi connectivity index (χ1) is 9.19. The van der Waals surface area contributed by atoms with Gasteiger partial charge in [0.1, 0.15) is 5.75 Å². The highest BCUT2D eigenvalue weighted by molar-refractivity contribution is 5.44. The fourth-order valence-electron chi connectivity index (χ4n) is 1.83. The Kier molecular flexibility index (Phi) is 4.39. The first-order valence-electron chi connectivity index (χ1n) is 6.51. The quantitative estimate of drug-likeness (QED) is 0.800. The smallest absolute Gasteiger partial charge is 0.167 e. The van der Waals surface area contributed by atoms with E-state index in [1.54, 1.807) is 6.07 Å². The summed E-state index contributed by atoms with van der Waals surface area (Å²) in [5, 5.41) is 0. The summed E-state index contributed by atoms with van der Waals surface area (Å²) < 4.78 is 19.1. The highest BCUT2D eigenvalue weighted by Gasteiger charge is 2.05. The van der Waals surface area contributed by atoms with Gasteiger partial charge in [-0.05, 0) is 42.7 Å². The third-order valence-electron chi connectivity index (χ3n) is 2.93. The molecule has 0 fully saturated rings. The van der Waals surface area contributed by atoms with Gasteiger partial charge < -0.3 is 10.5 Å². The van der Waals surface area contributed by atoms with Crippen molar-refractivity contribution in [1.29, 1.82) is 0 Å². The van der Waals surface area contributed by atoms with E-state index in [0.717, 1.165) is 6.42 Å². The Morgan fingerprint density at radius 3 is 2.47 bits per heavy atom. The zero-order chi connectivity index (χ0) is 13.7. The minimum absolute atomic E-state index is 0.190. The lowest BCUT2D eigenvalue weighted by atomic mass is 10.1. The van der Waals surface area contributed by atoms with Crippen LogP contribution < -0.4 is 10.5 Å². The number of nitrogen functional groups attached to an aromatic ring is 1. The van der Waals surface area contributed by atoms with E-state index < -0.39 is 5.82 Å². The number of hydrogen-bond donors (Lipinski definition) is 1. The Morgan fingerprint density at radius 1 is 1.11 bits per heavy atom. The molecule has 2 N–H and O–H groups in total. The Labute approximate surface area is 113 Å². The van der Waals surface area contributed by atoms with Crippen LogP contribution in [0.5, 0.6) is 11.5 Å². The molecule has 100 valence electrons. The van der Waals surface area contributed by atoms with Crippen molar-refractivity contribution in [2.75, 3.05) is 5.73 Å². The van der Waals surface area contributed by atoms with Crippen LogP contribution in [0, 0.1) is 5.82 Å². The van der Waals surface area contributed by atoms with Crippen LogP contribution in [0.1, 0.15) is 25.3 Å². The van der Waals surface area contributed by atoms with Crippen LogP contribution in [0.4, 0.5) is 10.1 Å². The molecule has 0 spiro atoms. The van der Waals surface area contributed by atoms with Crippen molar-refractivity contribution in [2.24, 2.45) is 0 Å². The molecule has 2 rings (SSSR count). The van der Waals surface area contributed by atoms with Gasteiger partial charge in [-0.3, -0.25) is 0 Å². The van der Waals surface area contributed by atoms with Crippen LogP contribution in [0.3, 0.4) is 0 Å². The first kappa shape index (κ1) is 13.4. The molecule has 0 atom stereocenters. The molecule has 0 aliphatic carbocycles. The third-order valence-corrected chi connectivity index (χ3v) is 2.93. The van der Waals surface area contributed by atoms with E-state index in [4.69, 9.17) is 10.5 Å². The molecule has 2 aromatic carbocycles. The maximum Gasteiger partial charge on any atom is 0.167 e. The van der Waals surface area contributed by atoms with E-state index in [2.05, 4.69) is 6.92 Å². The van der Waals surface area contributed by atoms with Gasteiger partial charge in [-0.25, -0.2) is 4.39 Å². The Bertz CT molecular complexity index is 537. The molecule has 2 nitrogen and oxygen atoms in total. The monoisotopic (exact) mass is 259 g/mol. The number of anilines is 1. The number of rotatable bonds is 5. The molecule has 0 unspecified atom stereocenters. The second-order valence-electron chi connectivity index (χ2n) is 4.54. The normalized spacial score (nSPS) is 10.4. The van der Waals surface area contributed by atoms with Gasteiger partial charge in [-0.1, -0.05) is 25.5 Å². The van der Waals surface area contributed by atoms with Crippen LogP contribution in [0.25, 0.3) is 0 Å². The van der Waals surface area contributed by atoms with Crippen LogP contribution in [-0.2, 0) is 6.42 Å². The number of benzene rings is 2. The van der Waals surface area contributed by atoms with Crippen molar-refractivity contribution >= 4 is 5.69 Å². The maximum absolute atomic E-state index is 13.6. The van der Waals surface area contributed by atoms with Gasteiger partial charge in [0, 0.05) is 11.8 Å². The van der Waals surface area contributed by atoms with E-state index in [9.17, 15) is 4.39 Å². The number of ether oxygens (including phenoxy) is 1. The maximum atomic E-state index is 13.6. The van der Waals surface area contributed by atoms with Crippen molar-refractivity contribution in [3.8, 4) is 11.5 Å². The molecular formula is C16H18FNO. The Balaban J connectivity index is 2.06. The molecular weight excluding hydrogens is 241 g/mol. The SMILES string of the molecule is CCCCc1ccc(Oc2ccc(N)cc2F)cc1. The highest BCUT2D eigenvalue weighted by Crippen LogP contribution is 2.26. The molecule has 0 aromatic heterocycles. The fraction of sp³-hybridized carbons (Fsp3) is 0.250. The number of halogens is 1. The highest BCUT2D eigenvalue weighted by atomic mass is 19.1. The van der Waals surface area contributed by atoms with Crippen molar-refractivity contribution in [3.63, 3.8) is 0 Å². The second-order valence-corrected chi connectivity index (χ2v) is 4.54. The predicted molar refractivity (Wildman–Crippen MR) is 75.9 cm³/mol. The molecule has 0 saturated heterocycles. The van der Waals surface area contributed by atoms with E-state index in [1.165, 1.54) is 30.5 Å². The molecule has 0 amide bonds. The fourth-order valence-corrected chi connectivity index (χ4v) is 1.83. The first-order valence-corrected chi connectivity index (χ1v) is 6.51. The van der Waals surface area contributed by atoms with Crippen LogP contribution in [-0.4, -0.2) is 0 Å². The summed E-state index contributed by atoms with van der Waals surface area (Å²) in [4.78, 5) is 0. The van der Waals surface area contributed by atoms with Crippen molar-refractivity contribution in [1.82, 2.24) is 0 Å². The topological polar surface area (TPSA) is 35.2 Å². The largest absolute Gasteiger partial charge is 0.454 e. The average molecular weight is 259 g/mol. The standard InChI is InChI=1S/C16H18FNO/c1-2-3-4-12-5-8-14(9-6-12)19-16-10-7-13(18)11-15(16)17/h5-11H,2-4,18H2,1H3. The van der Waals surface area contributed by atoms with E-state index in [0.29, 0.717) is 11.4 Å². The number of hydrogen-bond acceptors (Lipinski definition) is 2. The van der Waals surface area contributed by atoms with Crippen LogP contribution >= 0.6 is 0 Å². The summed E-state index contributed by atoms with van der Waals surface area (Å²) >= 11 is 0. The van der Waals surface area contributed by atoms with Gasteiger partial charge in [0.05, 0.1) is 0 Å². The Hall–Kier alpha value is -2.03. The molecule has 0 aliphatic heterocycles. The third kappa shape index (κ3) is 3.71. The summed E-state index contributed by atoms with van der Waals surface area (Å²) in [6.07, 6.45) is 3.41. The molecule has 0 aliphatic rings. The van der Waals surface area contributed by atoms with Gasteiger partial charge in [0.2, 0.25) is 0 Å². The van der Waals surface area contributed by atoms with Gasteiger partial charge in [0.25, 0.3) is 0 Å². The lowest BCUT2D eigenvalue weighted by Gasteiger charge is -2.08. The molecule has 2 aromatic rings. The summed E-state index contributed by atoms with van der Waals surface area (Å²) in [5.41, 5.74) is 7.15. The van der Waals surface area contributed by atoms with Crippen molar-refractivity contribution < 1.29 is 9.13 Å². The zero-order valence-electron chi connectivity index (χ0n) is 11.0. The molecule has 0 heterocycles. The van der Waals surface area contributed by atoms with E-state index in [-0.39, 0.29) is 5.75 Å². The van der Waals surface area contributed by atoms with Gasteiger partial charge in [-0.15, -0.1) is 0 Å². The summed E-state index contributed by atoms with van der Waals surface area (Å²) in [6, 6.07) is 12.2. The summed E-state index contributed by atoms with van der Waals surface area (Å²) in [6.45, 7) is 2.17. The lowest BCUT2D eigenvalue weighted by molar-refractivity contribution is 0.442. The second kappa shape index (κ2) is 6.23. The summed E-state index contributed by atoms with van der Waals surface area (Å²) in [5.74, 6) is 0.370. The minimum atomic E-state index is -0.449. The van der Waals surface area contributed by atoms with Crippen molar-refractivity contribution in [2.45, 2.75) is 26.2 Å². The Morgan fingerprint density at radius 2 is 1.84 bits per heavy atom. The van der Waals surface area contributed by atoms with Crippen LogP contribution in [0.2, 0.25) is 0 Å². The minimum Gasteiger partial charge on any atom is -0.454 e. The molecule has 19 heavy (non-hydrogen) atoms. The van der Waals surface area contributed by atoms with E-state index >= 15 is 0 Å². The molecule has 0 radical (unpaired) electrons. The van der Waals surface area contributed by atoms with Gasteiger partial charge in [-0.2, -0.15) is 0 Å². The number of nitrogens with two attached hydrogens (primary N) is 1. The number of aryl methyl sites for hydroxylation is 1. The summed E-state index contributed by atoms with van der Waals surface area (Å²) in [7, 11) is 0. The van der Waals surface area contributed by atoms with E-state index in [1.807, 2.05) is 24.3 Å². The lowest BCUT2D eigenvalue weighted by Crippen LogP contribution is -1.92. The average Bonchev–Trinajstić information content (AvgIpc) is 2.41.